The minimum atomic E-state index is 0.244. The maximum atomic E-state index is 4.58. The quantitative estimate of drug-likeness (QED) is 0.574. The zero-order chi connectivity index (χ0) is 16.9. The average molecular weight is 431 g/mol. The van der Waals surface area contributed by atoms with Crippen LogP contribution in [0.25, 0.3) is 11.4 Å². The van der Waals surface area contributed by atoms with Gasteiger partial charge in [-0.25, -0.2) is 4.98 Å². The molecule has 6 heteroatoms. The second kappa shape index (κ2) is 7.57. The fourth-order valence-electron chi connectivity index (χ4n) is 2.18. The maximum absolute atomic E-state index is 4.58. The third-order valence-corrected chi connectivity index (χ3v) is 4.15. The van der Waals surface area contributed by atoms with Crippen molar-refractivity contribution in [2.75, 3.05) is 10.6 Å². The Morgan fingerprint density at radius 3 is 2.46 bits per heavy atom. The van der Waals surface area contributed by atoms with Gasteiger partial charge >= 0.3 is 0 Å². The molecule has 3 rings (SSSR count). The molecule has 0 spiro atoms. The van der Waals surface area contributed by atoms with Gasteiger partial charge in [0, 0.05) is 21.9 Å². The summed E-state index contributed by atoms with van der Waals surface area (Å²) in [6.45, 7) is 4.12. The van der Waals surface area contributed by atoms with Crippen LogP contribution in [0.5, 0.6) is 0 Å². The van der Waals surface area contributed by atoms with Gasteiger partial charge in [-0.1, -0.05) is 18.2 Å². The van der Waals surface area contributed by atoms with Crippen LogP contribution in [0.1, 0.15) is 13.8 Å². The van der Waals surface area contributed by atoms with Gasteiger partial charge in [-0.3, -0.25) is 4.98 Å². The highest BCUT2D eigenvalue weighted by Crippen LogP contribution is 2.25. The van der Waals surface area contributed by atoms with Crippen molar-refractivity contribution in [3.63, 3.8) is 0 Å². The van der Waals surface area contributed by atoms with Crippen LogP contribution in [-0.4, -0.2) is 21.0 Å². The molecular weight excluding hydrogens is 413 g/mol. The molecule has 2 N–H and O–H groups in total. The Kier molecular flexibility index (Phi) is 5.24. The summed E-state index contributed by atoms with van der Waals surface area (Å²) in [5, 5.41) is 6.63. The van der Waals surface area contributed by atoms with E-state index in [4.69, 9.17) is 0 Å². The second-order valence-corrected chi connectivity index (χ2v) is 6.74. The van der Waals surface area contributed by atoms with Crippen molar-refractivity contribution >= 4 is 40.0 Å². The fourth-order valence-corrected chi connectivity index (χ4v) is 2.70. The molecule has 0 bridgehead atoms. The highest BCUT2D eigenvalue weighted by Gasteiger charge is 2.09. The number of nitrogens with zero attached hydrogens (tertiary/aromatic N) is 3. The number of nitrogens with one attached hydrogen (secondary N) is 2. The minimum absolute atomic E-state index is 0.244. The van der Waals surface area contributed by atoms with Gasteiger partial charge in [0.2, 0.25) is 5.95 Å². The Morgan fingerprint density at radius 1 is 0.958 bits per heavy atom. The van der Waals surface area contributed by atoms with Crippen molar-refractivity contribution in [2.24, 2.45) is 0 Å². The van der Waals surface area contributed by atoms with Crippen molar-refractivity contribution in [3.05, 3.63) is 58.3 Å². The van der Waals surface area contributed by atoms with Gasteiger partial charge in [-0.2, -0.15) is 4.98 Å². The molecule has 3 aromatic rings. The van der Waals surface area contributed by atoms with E-state index in [2.05, 4.69) is 68.1 Å². The van der Waals surface area contributed by atoms with E-state index in [-0.39, 0.29) is 6.04 Å². The third kappa shape index (κ3) is 4.19. The molecule has 0 radical (unpaired) electrons. The average Bonchev–Trinajstić information content (AvgIpc) is 2.57. The highest BCUT2D eigenvalue weighted by molar-refractivity contribution is 14.1. The van der Waals surface area contributed by atoms with Crippen LogP contribution in [0.3, 0.4) is 0 Å². The molecule has 0 amide bonds. The molecule has 5 nitrogen and oxygen atoms in total. The molecule has 0 saturated carbocycles. The molecule has 2 aromatic heterocycles. The Bertz CT molecular complexity index is 821. The van der Waals surface area contributed by atoms with Crippen molar-refractivity contribution in [2.45, 2.75) is 19.9 Å². The molecule has 122 valence electrons. The number of benzene rings is 1. The van der Waals surface area contributed by atoms with Crippen LogP contribution in [0.2, 0.25) is 0 Å². The van der Waals surface area contributed by atoms with Gasteiger partial charge in [0.25, 0.3) is 0 Å². The van der Waals surface area contributed by atoms with E-state index < -0.39 is 0 Å². The number of para-hydroxylation sites is 1. The lowest BCUT2D eigenvalue weighted by Crippen LogP contribution is -2.13. The standard InChI is InChI=1S/C18H18IN5/c1-12(2)21-18-23-16(15-9-5-6-10-20-15)11-17(24-18)22-14-8-4-3-7-13(14)19/h3-12H,1-2H3,(H2,21,22,23,24). The van der Waals surface area contributed by atoms with Crippen LogP contribution < -0.4 is 10.6 Å². The summed E-state index contributed by atoms with van der Waals surface area (Å²) in [5.74, 6) is 1.32. The summed E-state index contributed by atoms with van der Waals surface area (Å²) in [6, 6.07) is 16.0. The Morgan fingerprint density at radius 2 is 1.75 bits per heavy atom. The van der Waals surface area contributed by atoms with Crippen LogP contribution >= 0.6 is 22.6 Å². The first-order chi connectivity index (χ1) is 11.6. The lowest BCUT2D eigenvalue weighted by atomic mass is 10.2. The monoisotopic (exact) mass is 431 g/mol. The van der Waals surface area contributed by atoms with Gasteiger partial charge in [-0.15, -0.1) is 0 Å². The number of hydrogen-bond donors (Lipinski definition) is 2. The van der Waals surface area contributed by atoms with Gasteiger partial charge < -0.3 is 10.6 Å². The van der Waals surface area contributed by atoms with E-state index in [0.717, 1.165) is 26.5 Å². The van der Waals surface area contributed by atoms with Crippen LogP contribution in [-0.2, 0) is 0 Å². The minimum Gasteiger partial charge on any atom is -0.352 e. The first-order valence-corrected chi connectivity index (χ1v) is 8.78. The number of halogens is 1. The van der Waals surface area contributed by atoms with Crippen molar-refractivity contribution in [1.29, 1.82) is 0 Å². The van der Waals surface area contributed by atoms with Crippen LogP contribution in [0.15, 0.2) is 54.7 Å². The van der Waals surface area contributed by atoms with E-state index in [0.29, 0.717) is 5.95 Å². The van der Waals surface area contributed by atoms with Crippen molar-refractivity contribution in [1.82, 2.24) is 15.0 Å². The highest BCUT2D eigenvalue weighted by atomic mass is 127. The molecule has 0 fully saturated rings. The predicted molar refractivity (Wildman–Crippen MR) is 106 cm³/mol. The number of rotatable bonds is 5. The molecule has 1 aromatic carbocycles. The van der Waals surface area contributed by atoms with E-state index in [1.54, 1.807) is 6.20 Å². The molecule has 24 heavy (non-hydrogen) atoms. The van der Waals surface area contributed by atoms with Crippen LogP contribution in [0.4, 0.5) is 17.5 Å². The molecule has 2 heterocycles. The molecule has 0 unspecified atom stereocenters. The van der Waals surface area contributed by atoms with Gasteiger partial charge in [0.1, 0.15) is 5.82 Å². The largest absolute Gasteiger partial charge is 0.352 e. The number of hydrogen-bond acceptors (Lipinski definition) is 5. The number of anilines is 3. The summed E-state index contributed by atoms with van der Waals surface area (Å²) in [5.41, 5.74) is 2.61. The SMILES string of the molecule is CC(C)Nc1nc(Nc2ccccc2I)cc(-c2ccccn2)n1. The molecule has 0 atom stereocenters. The van der Waals surface area contributed by atoms with Gasteiger partial charge in [0.15, 0.2) is 0 Å². The Hall–Kier alpha value is -2.22. The van der Waals surface area contributed by atoms with E-state index >= 15 is 0 Å². The molecule has 0 aliphatic rings. The van der Waals surface area contributed by atoms with E-state index in [1.165, 1.54) is 0 Å². The van der Waals surface area contributed by atoms with Gasteiger partial charge in [0.05, 0.1) is 17.1 Å². The zero-order valence-corrected chi connectivity index (χ0v) is 15.7. The first kappa shape index (κ1) is 16.6. The summed E-state index contributed by atoms with van der Waals surface area (Å²) < 4.78 is 1.13. The van der Waals surface area contributed by atoms with E-state index in [1.807, 2.05) is 42.5 Å². The second-order valence-electron chi connectivity index (χ2n) is 5.58. The lowest BCUT2D eigenvalue weighted by molar-refractivity contribution is 0.875. The predicted octanol–water partition coefficient (Wildman–Crippen LogP) is 4.71. The smallest absolute Gasteiger partial charge is 0.225 e. The molecular formula is C18H18IN5. The lowest BCUT2D eigenvalue weighted by Gasteiger charge is -2.13. The zero-order valence-electron chi connectivity index (χ0n) is 13.5. The Balaban J connectivity index is 2.00. The van der Waals surface area contributed by atoms with Gasteiger partial charge in [-0.05, 0) is 60.7 Å². The van der Waals surface area contributed by atoms with E-state index in [9.17, 15) is 0 Å². The van der Waals surface area contributed by atoms with Crippen molar-refractivity contribution in [3.8, 4) is 11.4 Å². The molecule has 0 saturated heterocycles. The normalized spacial score (nSPS) is 10.7. The molecule has 0 aliphatic heterocycles. The van der Waals surface area contributed by atoms with Crippen LogP contribution in [0, 0.1) is 3.57 Å². The molecule has 0 aliphatic carbocycles. The summed E-state index contributed by atoms with van der Waals surface area (Å²) >= 11 is 2.30. The topological polar surface area (TPSA) is 62.7 Å². The van der Waals surface area contributed by atoms with Crippen molar-refractivity contribution < 1.29 is 0 Å². The summed E-state index contributed by atoms with van der Waals surface area (Å²) in [7, 11) is 0. The fraction of sp³-hybridized carbons (Fsp3) is 0.167. The number of aromatic nitrogens is 3. The first-order valence-electron chi connectivity index (χ1n) is 7.70. The Labute approximate surface area is 155 Å². The number of pyridine rings is 1. The maximum Gasteiger partial charge on any atom is 0.225 e. The summed E-state index contributed by atoms with van der Waals surface area (Å²) in [4.78, 5) is 13.5. The third-order valence-electron chi connectivity index (χ3n) is 3.21. The summed E-state index contributed by atoms with van der Waals surface area (Å²) in [6.07, 6.45) is 1.76.